The third-order valence-electron chi connectivity index (χ3n) is 7.89. The predicted octanol–water partition coefficient (Wildman–Crippen LogP) is 1.26. The molecule has 7 nitrogen and oxygen atoms in total. The number of nitrogens with one attached hydrogen (secondary N) is 1. The van der Waals surface area contributed by atoms with E-state index < -0.39 is 17.6 Å². The Hall–Kier alpha value is -1.83. The van der Waals surface area contributed by atoms with Crippen LogP contribution < -0.4 is 10.1 Å². The average molecular weight is 388 g/mol. The Kier molecular flexibility index (Phi) is 3.80. The van der Waals surface area contributed by atoms with Gasteiger partial charge in [-0.05, 0) is 57.8 Å². The number of carboxylic acids is 1. The van der Waals surface area contributed by atoms with Crippen LogP contribution in [0, 0.1) is 0 Å². The molecule has 6 atom stereocenters. The van der Waals surface area contributed by atoms with E-state index in [9.17, 15) is 15.0 Å². The Morgan fingerprint density at radius 2 is 2.21 bits per heavy atom. The van der Waals surface area contributed by atoms with Gasteiger partial charge in [0, 0.05) is 24.8 Å². The Morgan fingerprint density at radius 1 is 1.43 bits per heavy atom. The quantitative estimate of drug-likeness (QED) is 0.715. The minimum absolute atomic E-state index is 0.115. The first kappa shape index (κ1) is 18.2. The summed E-state index contributed by atoms with van der Waals surface area (Å²) in [5, 5.41) is 23.3. The maximum Gasteiger partial charge on any atom is 0.320 e. The van der Waals surface area contributed by atoms with E-state index in [0.717, 1.165) is 37.8 Å². The number of aliphatic carboxylic acids is 1. The Labute approximate surface area is 164 Å². The van der Waals surface area contributed by atoms with E-state index >= 15 is 0 Å². The molecule has 1 saturated heterocycles. The lowest BCUT2D eigenvalue weighted by molar-refractivity contribution is -0.204. The lowest BCUT2D eigenvalue weighted by Gasteiger charge is -2.65. The van der Waals surface area contributed by atoms with Crippen LogP contribution in [0.1, 0.15) is 37.3 Å². The molecular formula is C21H28N2O5. The number of carbonyl (C=O) groups is 1. The van der Waals surface area contributed by atoms with Crippen LogP contribution in [-0.4, -0.2) is 71.6 Å². The third kappa shape index (κ3) is 1.97. The van der Waals surface area contributed by atoms with Gasteiger partial charge in [0.05, 0.1) is 11.0 Å². The molecule has 2 aliphatic heterocycles. The molecule has 3 N–H and O–H groups in total. The number of benzene rings is 1. The molecule has 0 amide bonds. The van der Waals surface area contributed by atoms with Gasteiger partial charge in [0.25, 0.3) is 0 Å². The van der Waals surface area contributed by atoms with E-state index in [0.29, 0.717) is 5.75 Å². The van der Waals surface area contributed by atoms with Crippen molar-refractivity contribution in [2.24, 2.45) is 0 Å². The van der Waals surface area contributed by atoms with Gasteiger partial charge in [-0.25, -0.2) is 0 Å². The van der Waals surface area contributed by atoms with Crippen molar-refractivity contribution >= 4 is 5.97 Å². The number of methoxy groups -OCH3 is 1. The molecule has 2 fully saturated rings. The number of aromatic hydroxyl groups is 1. The van der Waals surface area contributed by atoms with Crippen LogP contribution >= 0.6 is 0 Å². The second-order valence-corrected chi connectivity index (χ2v) is 8.87. The van der Waals surface area contributed by atoms with Crippen molar-refractivity contribution in [1.82, 2.24) is 10.2 Å². The molecule has 28 heavy (non-hydrogen) atoms. The number of likely N-dealkylation sites (tertiary alicyclic amines) is 1. The molecule has 152 valence electrons. The number of piperidine rings is 1. The molecule has 0 aromatic heterocycles. The summed E-state index contributed by atoms with van der Waals surface area (Å²) in [5.74, 6) is -0.136. The molecule has 2 aliphatic carbocycles. The predicted molar refractivity (Wildman–Crippen MR) is 102 cm³/mol. The highest BCUT2D eigenvalue weighted by Gasteiger charge is 2.73. The van der Waals surface area contributed by atoms with Gasteiger partial charge in [-0.15, -0.1) is 0 Å². The van der Waals surface area contributed by atoms with Gasteiger partial charge in [0.2, 0.25) is 0 Å². The van der Waals surface area contributed by atoms with Crippen LogP contribution in [0.4, 0.5) is 0 Å². The fourth-order valence-corrected chi connectivity index (χ4v) is 6.70. The number of rotatable bonds is 4. The van der Waals surface area contributed by atoms with Crippen molar-refractivity contribution in [2.75, 3.05) is 20.7 Å². The summed E-state index contributed by atoms with van der Waals surface area (Å²) >= 11 is 0. The second-order valence-electron chi connectivity index (χ2n) is 8.87. The zero-order chi connectivity index (χ0) is 19.8. The van der Waals surface area contributed by atoms with Crippen LogP contribution in [0.15, 0.2) is 12.1 Å². The van der Waals surface area contributed by atoms with Gasteiger partial charge < -0.3 is 24.6 Å². The summed E-state index contributed by atoms with van der Waals surface area (Å²) in [6.45, 7) is 2.59. The van der Waals surface area contributed by atoms with Crippen LogP contribution in [0.2, 0.25) is 0 Å². The molecule has 0 radical (unpaired) electrons. The van der Waals surface area contributed by atoms with Crippen LogP contribution in [-0.2, 0) is 21.4 Å². The molecule has 1 aromatic carbocycles. The van der Waals surface area contributed by atoms with E-state index in [1.807, 2.05) is 6.07 Å². The normalized spacial score (nSPS) is 39.2. The first-order chi connectivity index (χ1) is 13.4. The third-order valence-corrected chi connectivity index (χ3v) is 7.89. The fraction of sp³-hybridized carbons (Fsp3) is 0.667. The minimum atomic E-state index is -0.870. The van der Waals surface area contributed by atoms with E-state index in [1.54, 1.807) is 20.1 Å². The van der Waals surface area contributed by atoms with Crippen molar-refractivity contribution in [1.29, 1.82) is 0 Å². The second kappa shape index (κ2) is 5.84. The van der Waals surface area contributed by atoms with Crippen LogP contribution in [0.5, 0.6) is 11.5 Å². The molecule has 0 unspecified atom stereocenters. The monoisotopic (exact) mass is 388 g/mol. The number of hydrogen-bond acceptors (Lipinski definition) is 6. The van der Waals surface area contributed by atoms with Gasteiger partial charge in [-0.2, -0.15) is 0 Å². The highest BCUT2D eigenvalue weighted by atomic mass is 16.5. The maximum atomic E-state index is 11.5. The van der Waals surface area contributed by atoms with Crippen molar-refractivity contribution in [3.63, 3.8) is 0 Å². The van der Waals surface area contributed by atoms with Crippen LogP contribution in [0.25, 0.3) is 0 Å². The first-order valence-electron chi connectivity index (χ1n) is 10.1. The SMILES string of the molecule is CO[C@@]12CC[C@@H](N[C@@H](C)C(=O)O)[C@@H]3Oc4c(O)ccc5c4[C@@]31CCN(C)[C@@H]2C5. The van der Waals surface area contributed by atoms with E-state index in [4.69, 9.17) is 9.47 Å². The molecule has 2 bridgehead atoms. The minimum Gasteiger partial charge on any atom is -0.504 e. The van der Waals surface area contributed by atoms with Gasteiger partial charge in [0.1, 0.15) is 12.1 Å². The largest absolute Gasteiger partial charge is 0.504 e. The van der Waals surface area contributed by atoms with E-state index in [1.165, 1.54) is 5.56 Å². The van der Waals surface area contributed by atoms with E-state index in [2.05, 4.69) is 17.3 Å². The first-order valence-corrected chi connectivity index (χ1v) is 10.1. The zero-order valence-electron chi connectivity index (χ0n) is 16.6. The topological polar surface area (TPSA) is 91.3 Å². The van der Waals surface area contributed by atoms with Crippen molar-refractivity contribution in [3.05, 3.63) is 23.3 Å². The zero-order valence-corrected chi connectivity index (χ0v) is 16.6. The Morgan fingerprint density at radius 3 is 2.93 bits per heavy atom. The van der Waals surface area contributed by atoms with Crippen molar-refractivity contribution < 1.29 is 24.5 Å². The molecule has 1 aromatic rings. The Balaban J connectivity index is 1.70. The number of hydrogen-bond donors (Lipinski definition) is 3. The lowest BCUT2D eigenvalue weighted by atomic mass is 9.48. The van der Waals surface area contributed by atoms with Gasteiger partial charge >= 0.3 is 5.97 Å². The van der Waals surface area contributed by atoms with E-state index in [-0.39, 0.29) is 29.4 Å². The summed E-state index contributed by atoms with van der Waals surface area (Å²) in [5.41, 5.74) is 1.53. The number of phenols is 1. The summed E-state index contributed by atoms with van der Waals surface area (Å²) in [4.78, 5) is 13.9. The standard InChI is InChI=1S/C21H28N2O5/c1-11(19(25)26)22-13-6-7-21(27-3)15-10-12-4-5-14(24)17-16(12)20(21,18(13)28-17)8-9-23(15)2/h4-5,11,13,15,18,22,24H,6-10H2,1-3H3,(H,25,26)/t11-,13+,15+,18-,20-,21+/m0/s1. The molecule has 2 heterocycles. The highest BCUT2D eigenvalue weighted by molar-refractivity contribution is 5.73. The molecule has 5 rings (SSSR count). The molecule has 1 saturated carbocycles. The molecule has 7 heteroatoms. The van der Waals surface area contributed by atoms with Crippen LogP contribution in [0.3, 0.4) is 0 Å². The smallest absolute Gasteiger partial charge is 0.320 e. The fourth-order valence-electron chi connectivity index (χ4n) is 6.70. The van der Waals surface area contributed by atoms with Crippen molar-refractivity contribution in [2.45, 2.75) is 67.9 Å². The lowest BCUT2D eigenvalue weighted by Crippen LogP contribution is -2.78. The van der Waals surface area contributed by atoms with Gasteiger partial charge in [-0.3, -0.25) is 10.1 Å². The van der Waals surface area contributed by atoms with Gasteiger partial charge in [0.15, 0.2) is 11.5 Å². The van der Waals surface area contributed by atoms with Gasteiger partial charge in [-0.1, -0.05) is 6.07 Å². The van der Waals surface area contributed by atoms with Crippen molar-refractivity contribution in [3.8, 4) is 11.5 Å². The number of likely N-dealkylation sites (N-methyl/N-ethyl adjacent to an activating group) is 1. The summed E-state index contributed by atoms with van der Waals surface area (Å²) < 4.78 is 12.8. The molecule has 4 aliphatic rings. The number of nitrogens with zero attached hydrogens (tertiary/aromatic N) is 1. The number of ether oxygens (including phenoxy) is 2. The maximum absolute atomic E-state index is 11.5. The number of phenolic OH excluding ortho intramolecular Hbond substituents is 1. The Bertz CT molecular complexity index is 844. The average Bonchev–Trinajstić information content (AvgIpc) is 3.03. The molecule has 1 spiro atoms. The highest BCUT2D eigenvalue weighted by Crippen LogP contribution is 2.66. The summed E-state index contributed by atoms with van der Waals surface area (Å²) in [6.07, 6.45) is 3.07. The summed E-state index contributed by atoms with van der Waals surface area (Å²) in [7, 11) is 3.96. The number of carboxylic acid groups (broad SMARTS) is 1. The molecular weight excluding hydrogens is 360 g/mol. The summed E-state index contributed by atoms with van der Waals surface area (Å²) in [6, 6.07) is 3.20.